The normalized spacial score (nSPS) is 15.3. The highest BCUT2D eigenvalue weighted by Crippen LogP contribution is 2.69. The molecule has 17 heteroatoms. The van der Waals surface area contributed by atoms with Crippen LogP contribution < -0.4 is 9.47 Å². The lowest BCUT2D eigenvalue weighted by atomic mass is 10.00. The summed E-state index contributed by atoms with van der Waals surface area (Å²) in [4.78, 5) is 83.2. The van der Waals surface area contributed by atoms with Crippen LogP contribution >= 0.6 is 47.0 Å². The fraction of sp³-hybridized carbons (Fsp3) is 0.578. The molecule has 0 bridgehead atoms. The lowest BCUT2D eigenvalue weighted by molar-refractivity contribution is -0.147. The molecule has 4 rings (SSSR count). The molecule has 0 N–H and O–H groups in total. The molecule has 3 heterocycles. The number of amides is 2. The van der Waals surface area contributed by atoms with Crippen molar-refractivity contribution < 1.29 is 47.7 Å². The molecule has 62 heavy (non-hydrogen) atoms. The Morgan fingerprint density at radius 3 is 1.45 bits per heavy atom. The fourth-order valence-electron chi connectivity index (χ4n) is 6.60. The Balaban J connectivity index is 1.88. The van der Waals surface area contributed by atoms with E-state index in [1.165, 1.54) is 16.9 Å². The number of hydrogen-bond acceptors (Lipinski definition) is 15. The minimum Gasteiger partial charge on any atom is -0.462 e. The molecule has 0 radical (unpaired) electrons. The Morgan fingerprint density at radius 2 is 1.06 bits per heavy atom. The maximum absolute atomic E-state index is 14.2. The van der Waals surface area contributed by atoms with Crippen molar-refractivity contribution in [1.29, 1.82) is 5.26 Å². The van der Waals surface area contributed by atoms with Gasteiger partial charge in [0.05, 0.1) is 53.1 Å². The van der Waals surface area contributed by atoms with Crippen LogP contribution in [0.5, 0.6) is 11.5 Å². The molecule has 3 aliphatic rings. The van der Waals surface area contributed by atoms with Gasteiger partial charge in [0.15, 0.2) is 17.1 Å². The highest BCUT2D eigenvalue weighted by molar-refractivity contribution is 8.26. The number of ether oxygens (including phenoxy) is 4. The summed E-state index contributed by atoms with van der Waals surface area (Å²) in [6.07, 6.45) is 8.91. The van der Waals surface area contributed by atoms with E-state index in [2.05, 4.69) is 6.58 Å². The molecule has 2 unspecified atom stereocenters. The zero-order chi connectivity index (χ0) is 45.5. The van der Waals surface area contributed by atoms with E-state index in [1.807, 2.05) is 47.6 Å². The Bertz CT molecular complexity index is 1910. The fourth-order valence-corrected chi connectivity index (χ4v) is 12.0. The van der Waals surface area contributed by atoms with Gasteiger partial charge in [-0.05, 0) is 45.4 Å². The van der Waals surface area contributed by atoms with Crippen molar-refractivity contribution >= 4 is 82.7 Å². The van der Waals surface area contributed by atoms with Crippen molar-refractivity contribution in [3.8, 4) is 17.6 Å². The number of unbranched alkanes of at least 4 members (excludes halogenated alkanes) is 4. The summed E-state index contributed by atoms with van der Waals surface area (Å²) in [6.45, 7) is 17.6. The number of nitriles is 1. The van der Waals surface area contributed by atoms with Gasteiger partial charge in [-0.1, -0.05) is 134 Å². The second-order valence-corrected chi connectivity index (χ2v) is 19.7. The van der Waals surface area contributed by atoms with Crippen LogP contribution in [0.2, 0.25) is 0 Å². The molecule has 338 valence electrons. The number of nitrogens with zero attached hydrogens (tertiary/aromatic N) is 3. The Hall–Kier alpha value is -3.85. The number of thioether (sulfide) groups is 4. The number of carbonyl (C=O) groups excluding carboxylic acids is 6. The van der Waals surface area contributed by atoms with Gasteiger partial charge < -0.3 is 18.9 Å². The zero-order valence-electron chi connectivity index (χ0n) is 36.9. The second kappa shape index (κ2) is 24.9. The monoisotopic (exact) mass is 929 g/mol. The third-order valence-corrected chi connectivity index (χ3v) is 15.5. The van der Waals surface area contributed by atoms with Crippen LogP contribution in [0.3, 0.4) is 0 Å². The standard InChI is InChI=1S/C45H59N3O10S4/c1-9-15-20-28(13-5)41(52)57-32-34-35(60-44(59-34)30(26-46)43(54)56-25-19-24-55-40(51)27(7)8)33(58-42(53)29(14-6)21-16-10-2)37-36(32)61-45(62-37)31-38(49)47(22-17-11-3)48(39(31)50)23-18-12-4/h28-29H,7,9-25H2,1-6,8H3. The van der Waals surface area contributed by atoms with Gasteiger partial charge in [0.25, 0.3) is 11.8 Å². The summed E-state index contributed by atoms with van der Waals surface area (Å²) in [5.41, 5.74) is -0.0649. The topological polar surface area (TPSA) is 170 Å². The van der Waals surface area contributed by atoms with E-state index in [4.69, 9.17) is 18.9 Å². The highest BCUT2D eigenvalue weighted by atomic mass is 32.2. The largest absolute Gasteiger partial charge is 0.462 e. The van der Waals surface area contributed by atoms with Gasteiger partial charge in [-0.25, -0.2) is 19.6 Å². The Morgan fingerprint density at radius 1 is 0.645 bits per heavy atom. The highest BCUT2D eigenvalue weighted by Gasteiger charge is 2.47. The van der Waals surface area contributed by atoms with Crippen molar-refractivity contribution in [2.24, 2.45) is 11.8 Å². The minimum atomic E-state index is -0.906. The first kappa shape index (κ1) is 50.8. The summed E-state index contributed by atoms with van der Waals surface area (Å²) in [7, 11) is 0. The lowest BCUT2D eigenvalue weighted by Gasteiger charge is -2.27. The summed E-state index contributed by atoms with van der Waals surface area (Å²) < 4.78 is 23.8. The second-order valence-electron chi connectivity index (χ2n) is 15.1. The van der Waals surface area contributed by atoms with Gasteiger partial charge in [0.2, 0.25) is 0 Å². The average Bonchev–Trinajstić information content (AvgIpc) is 3.95. The molecule has 3 aliphatic heterocycles. The molecule has 0 saturated carbocycles. The third kappa shape index (κ3) is 12.2. The van der Waals surface area contributed by atoms with Gasteiger partial charge in [-0.3, -0.25) is 19.2 Å². The van der Waals surface area contributed by atoms with E-state index >= 15 is 0 Å². The molecule has 0 spiro atoms. The number of hydrazine groups is 1. The molecule has 2 amide bonds. The van der Waals surface area contributed by atoms with Gasteiger partial charge in [0.1, 0.15) is 11.6 Å². The Labute approximate surface area is 382 Å². The molecular weight excluding hydrogens is 871 g/mol. The SMILES string of the molecule is C=C(C)C(=O)OCCCOC(=O)C(C#N)=C1Sc2c(OC(=O)C(CC)CCCC)c3c(c(OC(=O)C(CC)CCCC)c2S1)SC(=C1C(=O)N(CCCC)N(CCCC)C1=O)S3. The van der Waals surface area contributed by atoms with E-state index < -0.39 is 47.5 Å². The molecule has 1 aromatic rings. The minimum absolute atomic E-state index is 0.00618. The maximum atomic E-state index is 14.2. The van der Waals surface area contributed by atoms with Crippen LogP contribution in [0, 0.1) is 23.2 Å². The maximum Gasteiger partial charge on any atom is 0.350 e. The lowest BCUT2D eigenvalue weighted by Crippen LogP contribution is -2.42. The van der Waals surface area contributed by atoms with E-state index in [9.17, 15) is 34.0 Å². The van der Waals surface area contributed by atoms with Crippen LogP contribution in [0.25, 0.3) is 0 Å². The van der Waals surface area contributed by atoms with Crippen LogP contribution in [0.1, 0.15) is 132 Å². The number of rotatable bonds is 24. The van der Waals surface area contributed by atoms with Crippen LogP contribution in [0.4, 0.5) is 0 Å². The van der Waals surface area contributed by atoms with E-state index in [1.54, 1.807) is 0 Å². The predicted molar refractivity (Wildman–Crippen MR) is 242 cm³/mol. The average molecular weight is 930 g/mol. The summed E-state index contributed by atoms with van der Waals surface area (Å²) in [5.74, 6) is -3.80. The number of esters is 4. The van der Waals surface area contributed by atoms with E-state index in [0.29, 0.717) is 75.4 Å². The molecule has 2 atom stereocenters. The van der Waals surface area contributed by atoms with Crippen molar-refractivity contribution in [3.63, 3.8) is 0 Å². The van der Waals surface area contributed by atoms with Gasteiger partial charge in [-0.15, -0.1) is 0 Å². The first-order chi connectivity index (χ1) is 29.8. The molecule has 1 fully saturated rings. The van der Waals surface area contributed by atoms with Crippen LogP contribution in [0.15, 0.2) is 51.4 Å². The molecule has 1 saturated heterocycles. The quantitative estimate of drug-likeness (QED) is 0.0239. The van der Waals surface area contributed by atoms with Gasteiger partial charge in [-0.2, -0.15) is 5.26 Å². The van der Waals surface area contributed by atoms with Crippen molar-refractivity contribution in [2.45, 2.75) is 152 Å². The molecule has 0 aliphatic carbocycles. The summed E-state index contributed by atoms with van der Waals surface area (Å²) >= 11 is 4.29. The van der Waals surface area contributed by atoms with Crippen LogP contribution in [-0.4, -0.2) is 72.0 Å². The van der Waals surface area contributed by atoms with Crippen LogP contribution in [-0.2, 0) is 38.2 Å². The predicted octanol–water partition coefficient (Wildman–Crippen LogP) is 10.5. The number of fused-ring (bicyclic) bond motifs is 2. The summed E-state index contributed by atoms with van der Waals surface area (Å²) in [6, 6.07) is 1.97. The van der Waals surface area contributed by atoms with Crippen molar-refractivity contribution in [2.75, 3.05) is 26.3 Å². The Kier molecular flexibility index (Phi) is 20.4. The molecule has 0 aromatic heterocycles. The number of benzene rings is 1. The van der Waals surface area contributed by atoms with Crippen molar-refractivity contribution in [1.82, 2.24) is 10.0 Å². The molecule has 13 nitrogen and oxygen atoms in total. The number of hydrogen-bond donors (Lipinski definition) is 0. The first-order valence-corrected chi connectivity index (χ1v) is 25.0. The third-order valence-electron chi connectivity index (χ3n) is 10.3. The van der Waals surface area contributed by atoms with Gasteiger partial charge in [0, 0.05) is 25.1 Å². The van der Waals surface area contributed by atoms with Crippen molar-refractivity contribution in [3.05, 3.63) is 31.8 Å². The zero-order valence-corrected chi connectivity index (χ0v) is 40.2. The molecule has 1 aromatic carbocycles. The molecular formula is C45H59N3O10S4. The van der Waals surface area contributed by atoms with Gasteiger partial charge >= 0.3 is 23.9 Å². The smallest absolute Gasteiger partial charge is 0.350 e. The first-order valence-electron chi connectivity index (χ1n) is 21.7. The summed E-state index contributed by atoms with van der Waals surface area (Å²) in [5, 5.41) is 13.4. The number of carbonyl (C=O) groups is 6. The van der Waals surface area contributed by atoms with E-state index in [-0.39, 0.29) is 52.1 Å². The van der Waals surface area contributed by atoms with E-state index in [0.717, 1.165) is 85.6 Å².